The van der Waals surface area contributed by atoms with Crippen LogP contribution in [0.2, 0.25) is 0 Å². The normalized spacial score (nSPS) is 11.7. The molecule has 0 aliphatic carbocycles. The van der Waals surface area contributed by atoms with Gasteiger partial charge in [-0.3, -0.25) is 0 Å². The summed E-state index contributed by atoms with van der Waals surface area (Å²) in [5, 5.41) is 3.47. The van der Waals surface area contributed by atoms with Crippen molar-refractivity contribution >= 4 is 0 Å². The topological polar surface area (TPSA) is 21.3 Å². The molecule has 2 nitrogen and oxygen atoms in total. The van der Waals surface area contributed by atoms with Crippen molar-refractivity contribution in [2.75, 3.05) is 13.7 Å². The van der Waals surface area contributed by atoms with Crippen molar-refractivity contribution in [3.8, 4) is 5.75 Å². The average molecular weight is 249 g/mol. The summed E-state index contributed by atoms with van der Waals surface area (Å²) in [5.41, 5.74) is 4.06. The largest absolute Gasteiger partial charge is 0.496 e. The van der Waals surface area contributed by atoms with Crippen LogP contribution in [-0.4, -0.2) is 13.7 Å². The van der Waals surface area contributed by atoms with Gasteiger partial charge in [0.15, 0.2) is 0 Å². The fourth-order valence-electron chi connectivity index (χ4n) is 2.07. The van der Waals surface area contributed by atoms with Gasteiger partial charge in [-0.2, -0.15) is 0 Å². The van der Waals surface area contributed by atoms with E-state index in [-0.39, 0.29) is 5.41 Å². The summed E-state index contributed by atoms with van der Waals surface area (Å²) in [6, 6.07) is 4.44. The molecule has 0 heterocycles. The van der Waals surface area contributed by atoms with Crippen LogP contribution < -0.4 is 10.1 Å². The maximum atomic E-state index is 5.51. The second-order valence-electron chi connectivity index (χ2n) is 5.91. The highest BCUT2D eigenvalue weighted by atomic mass is 16.5. The summed E-state index contributed by atoms with van der Waals surface area (Å²) < 4.78 is 5.51. The Morgan fingerprint density at radius 2 is 1.89 bits per heavy atom. The highest BCUT2D eigenvalue weighted by Crippen LogP contribution is 2.33. The number of hydrogen-bond acceptors (Lipinski definition) is 2. The van der Waals surface area contributed by atoms with Gasteiger partial charge in [-0.1, -0.05) is 33.8 Å². The van der Waals surface area contributed by atoms with Crippen molar-refractivity contribution in [2.45, 2.75) is 53.0 Å². The Balaban J connectivity index is 3.06. The first-order valence-corrected chi connectivity index (χ1v) is 6.78. The minimum atomic E-state index is 0.110. The molecule has 0 aliphatic heterocycles. The first-order chi connectivity index (χ1) is 8.40. The quantitative estimate of drug-likeness (QED) is 0.801. The smallest absolute Gasteiger partial charge is 0.122 e. The van der Waals surface area contributed by atoms with Crippen LogP contribution in [-0.2, 0) is 12.0 Å². The number of rotatable bonds is 5. The van der Waals surface area contributed by atoms with E-state index in [0.717, 1.165) is 18.8 Å². The number of nitrogens with one attached hydrogen (secondary N) is 1. The molecule has 102 valence electrons. The van der Waals surface area contributed by atoms with Crippen LogP contribution in [0.5, 0.6) is 5.75 Å². The first kappa shape index (κ1) is 15.0. The Labute approximate surface area is 112 Å². The molecule has 0 aromatic heterocycles. The Bertz CT molecular complexity index is 391. The molecule has 0 unspecified atom stereocenters. The van der Waals surface area contributed by atoms with Crippen LogP contribution in [0, 0.1) is 6.92 Å². The summed E-state index contributed by atoms with van der Waals surface area (Å²) in [6.07, 6.45) is 1.17. The summed E-state index contributed by atoms with van der Waals surface area (Å²) in [5.74, 6) is 0.999. The van der Waals surface area contributed by atoms with Gasteiger partial charge in [0.1, 0.15) is 5.75 Å². The molecular formula is C16H27NO. The molecule has 0 atom stereocenters. The van der Waals surface area contributed by atoms with E-state index in [1.54, 1.807) is 7.11 Å². The van der Waals surface area contributed by atoms with Crippen molar-refractivity contribution in [2.24, 2.45) is 0 Å². The number of methoxy groups -OCH3 is 1. The van der Waals surface area contributed by atoms with Gasteiger partial charge in [0.05, 0.1) is 7.11 Å². The zero-order valence-electron chi connectivity index (χ0n) is 12.7. The minimum Gasteiger partial charge on any atom is -0.496 e. The highest BCUT2D eigenvalue weighted by Gasteiger charge is 2.20. The molecule has 0 fully saturated rings. The maximum Gasteiger partial charge on any atom is 0.122 e. The molecule has 1 aromatic carbocycles. The van der Waals surface area contributed by atoms with E-state index in [9.17, 15) is 0 Å². The van der Waals surface area contributed by atoms with E-state index in [2.05, 4.69) is 52.1 Å². The summed E-state index contributed by atoms with van der Waals surface area (Å²) in [7, 11) is 1.75. The van der Waals surface area contributed by atoms with Crippen LogP contribution in [0.4, 0.5) is 0 Å². The zero-order valence-corrected chi connectivity index (χ0v) is 12.7. The average Bonchev–Trinajstić information content (AvgIpc) is 2.29. The molecule has 0 radical (unpaired) electrons. The molecule has 2 heteroatoms. The third-order valence-corrected chi connectivity index (χ3v) is 3.21. The third kappa shape index (κ3) is 3.74. The van der Waals surface area contributed by atoms with Gasteiger partial charge in [-0.05, 0) is 48.1 Å². The van der Waals surface area contributed by atoms with Crippen molar-refractivity contribution in [1.29, 1.82) is 0 Å². The predicted octanol–water partition coefficient (Wildman–Crippen LogP) is 3.80. The lowest BCUT2D eigenvalue weighted by atomic mass is 9.84. The molecule has 1 aromatic rings. The lowest BCUT2D eigenvalue weighted by molar-refractivity contribution is 0.397. The van der Waals surface area contributed by atoms with Crippen molar-refractivity contribution < 1.29 is 4.74 Å². The van der Waals surface area contributed by atoms with E-state index >= 15 is 0 Å². The van der Waals surface area contributed by atoms with Gasteiger partial charge in [-0.25, -0.2) is 0 Å². The van der Waals surface area contributed by atoms with Gasteiger partial charge in [0.25, 0.3) is 0 Å². The monoisotopic (exact) mass is 249 g/mol. The zero-order chi connectivity index (χ0) is 13.8. The molecule has 0 bridgehead atoms. The van der Waals surface area contributed by atoms with Crippen LogP contribution in [0.25, 0.3) is 0 Å². The second-order valence-corrected chi connectivity index (χ2v) is 5.91. The standard InChI is InChI=1S/C16H27NO/c1-7-8-17-11-13-10-14(16(3,4)5)15(18-6)9-12(13)2/h9-10,17H,7-8,11H2,1-6H3. The minimum absolute atomic E-state index is 0.110. The lowest BCUT2D eigenvalue weighted by Gasteiger charge is -2.24. The molecule has 1 rings (SSSR count). The van der Waals surface area contributed by atoms with Crippen LogP contribution in [0.15, 0.2) is 12.1 Å². The predicted molar refractivity (Wildman–Crippen MR) is 78.4 cm³/mol. The SMILES string of the molecule is CCCNCc1cc(C(C)(C)C)c(OC)cc1C. The van der Waals surface area contributed by atoms with Gasteiger partial charge in [0.2, 0.25) is 0 Å². The first-order valence-electron chi connectivity index (χ1n) is 6.78. The van der Waals surface area contributed by atoms with Crippen molar-refractivity contribution in [3.05, 3.63) is 28.8 Å². The molecule has 0 spiro atoms. The van der Waals surface area contributed by atoms with Crippen LogP contribution in [0.1, 0.15) is 50.8 Å². The summed E-state index contributed by atoms with van der Waals surface area (Å²) in [6.45, 7) is 13.0. The third-order valence-electron chi connectivity index (χ3n) is 3.21. The molecule has 0 saturated carbocycles. The fraction of sp³-hybridized carbons (Fsp3) is 0.625. The second kappa shape index (κ2) is 6.24. The van der Waals surface area contributed by atoms with Gasteiger partial charge in [-0.15, -0.1) is 0 Å². The van der Waals surface area contributed by atoms with E-state index < -0.39 is 0 Å². The van der Waals surface area contributed by atoms with Gasteiger partial charge in [0, 0.05) is 6.54 Å². The Hall–Kier alpha value is -1.02. The molecule has 18 heavy (non-hydrogen) atoms. The molecule has 1 N–H and O–H groups in total. The fourth-order valence-corrected chi connectivity index (χ4v) is 2.07. The molecule has 0 saturated heterocycles. The Kier molecular flexibility index (Phi) is 5.21. The highest BCUT2D eigenvalue weighted by molar-refractivity contribution is 5.45. The van der Waals surface area contributed by atoms with Crippen molar-refractivity contribution in [3.63, 3.8) is 0 Å². The van der Waals surface area contributed by atoms with E-state index in [1.807, 2.05) is 0 Å². The van der Waals surface area contributed by atoms with Gasteiger partial charge < -0.3 is 10.1 Å². The van der Waals surface area contributed by atoms with Crippen LogP contribution in [0.3, 0.4) is 0 Å². The number of benzene rings is 1. The number of ether oxygens (including phenoxy) is 1. The lowest BCUT2D eigenvalue weighted by Crippen LogP contribution is -2.18. The summed E-state index contributed by atoms with van der Waals surface area (Å²) >= 11 is 0. The van der Waals surface area contributed by atoms with E-state index in [0.29, 0.717) is 0 Å². The Morgan fingerprint density at radius 3 is 2.39 bits per heavy atom. The van der Waals surface area contributed by atoms with Gasteiger partial charge >= 0.3 is 0 Å². The van der Waals surface area contributed by atoms with E-state index in [1.165, 1.54) is 23.1 Å². The number of hydrogen-bond donors (Lipinski definition) is 1. The van der Waals surface area contributed by atoms with E-state index in [4.69, 9.17) is 4.74 Å². The Morgan fingerprint density at radius 1 is 1.22 bits per heavy atom. The molecule has 0 aliphatic rings. The number of aryl methyl sites for hydroxylation is 1. The van der Waals surface area contributed by atoms with Crippen LogP contribution >= 0.6 is 0 Å². The molecule has 0 amide bonds. The molecular weight excluding hydrogens is 222 g/mol. The maximum absolute atomic E-state index is 5.51. The summed E-state index contributed by atoms with van der Waals surface area (Å²) in [4.78, 5) is 0. The van der Waals surface area contributed by atoms with Crippen molar-refractivity contribution in [1.82, 2.24) is 5.32 Å².